The third-order valence-electron chi connectivity index (χ3n) is 3.84. The highest BCUT2D eigenvalue weighted by Crippen LogP contribution is 2.38. The lowest BCUT2D eigenvalue weighted by Gasteiger charge is -2.15. The quantitative estimate of drug-likeness (QED) is 0.735. The van der Waals surface area contributed by atoms with Crippen LogP contribution in [0.5, 0.6) is 17.2 Å². The maximum absolute atomic E-state index is 12.2. The summed E-state index contributed by atoms with van der Waals surface area (Å²) in [6.45, 7) is 0.368. The average Bonchev–Trinajstić information content (AvgIpc) is 2.65. The van der Waals surface area contributed by atoms with Gasteiger partial charge < -0.3 is 25.3 Å². The maximum Gasteiger partial charge on any atom is 0.224 e. The normalized spacial score (nSPS) is 11.1. The van der Waals surface area contributed by atoms with Crippen LogP contribution in [0.3, 0.4) is 0 Å². The first-order chi connectivity index (χ1) is 12.1. The third kappa shape index (κ3) is 5.54. The molecule has 26 heavy (non-hydrogen) atoms. The standard InChI is InChI=1S/C19H24N2O4.ClH/c1-23-16-9-13(10-17(24-2)19(16)25-3)11-18(22)21-12-15(20)14-7-5-4-6-8-14;/h4-10,15H,11-12,20H2,1-3H3,(H,21,22);1H. The van der Waals surface area contributed by atoms with Gasteiger partial charge in [-0.25, -0.2) is 0 Å². The Morgan fingerprint density at radius 2 is 1.62 bits per heavy atom. The van der Waals surface area contributed by atoms with Gasteiger partial charge in [0.2, 0.25) is 11.7 Å². The lowest BCUT2D eigenvalue weighted by atomic mass is 10.1. The first-order valence-electron chi connectivity index (χ1n) is 7.95. The van der Waals surface area contributed by atoms with E-state index in [0.717, 1.165) is 11.1 Å². The smallest absolute Gasteiger partial charge is 0.224 e. The number of nitrogens with two attached hydrogens (primary N) is 1. The van der Waals surface area contributed by atoms with Crippen LogP contribution in [-0.4, -0.2) is 33.8 Å². The Morgan fingerprint density at radius 1 is 1.04 bits per heavy atom. The van der Waals surface area contributed by atoms with E-state index in [1.807, 2.05) is 30.3 Å². The highest BCUT2D eigenvalue weighted by atomic mass is 35.5. The van der Waals surface area contributed by atoms with Crippen molar-refractivity contribution in [3.8, 4) is 17.2 Å². The molecule has 2 aromatic carbocycles. The molecule has 0 aliphatic carbocycles. The molecule has 1 atom stereocenters. The van der Waals surface area contributed by atoms with E-state index in [0.29, 0.717) is 23.8 Å². The summed E-state index contributed by atoms with van der Waals surface area (Å²) >= 11 is 0. The Kier molecular flexibility index (Phi) is 8.75. The van der Waals surface area contributed by atoms with Gasteiger partial charge in [0.1, 0.15) is 0 Å². The number of hydrogen-bond donors (Lipinski definition) is 2. The second-order valence-corrected chi connectivity index (χ2v) is 5.53. The van der Waals surface area contributed by atoms with Crippen LogP contribution in [0.15, 0.2) is 42.5 Å². The summed E-state index contributed by atoms with van der Waals surface area (Å²) in [5, 5.41) is 2.86. The van der Waals surface area contributed by atoms with E-state index in [1.165, 1.54) is 7.11 Å². The fraction of sp³-hybridized carbons (Fsp3) is 0.316. The van der Waals surface area contributed by atoms with Crippen molar-refractivity contribution in [2.45, 2.75) is 12.5 Å². The Labute approximate surface area is 160 Å². The summed E-state index contributed by atoms with van der Waals surface area (Å²) in [5.41, 5.74) is 7.84. The van der Waals surface area contributed by atoms with E-state index in [1.54, 1.807) is 26.4 Å². The van der Waals surface area contributed by atoms with Gasteiger partial charge in [-0.3, -0.25) is 4.79 Å². The molecule has 1 unspecified atom stereocenters. The molecule has 7 heteroatoms. The minimum absolute atomic E-state index is 0. The van der Waals surface area contributed by atoms with E-state index in [2.05, 4.69) is 5.32 Å². The van der Waals surface area contributed by atoms with Crippen molar-refractivity contribution in [1.29, 1.82) is 0 Å². The predicted octanol–water partition coefficient (Wildman–Crippen LogP) is 2.49. The molecule has 6 nitrogen and oxygen atoms in total. The first kappa shape index (κ1) is 21.6. The van der Waals surface area contributed by atoms with Gasteiger partial charge in [-0.2, -0.15) is 0 Å². The lowest BCUT2D eigenvalue weighted by Crippen LogP contribution is -2.32. The van der Waals surface area contributed by atoms with Gasteiger partial charge in [0.25, 0.3) is 0 Å². The fourth-order valence-corrected chi connectivity index (χ4v) is 2.53. The van der Waals surface area contributed by atoms with Crippen molar-refractivity contribution in [3.05, 3.63) is 53.6 Å². The number of carbonyl (C=O) groups excluding carboxylic acids is 1. The Bertz CT molecular complexity index is 685. The molecule has 3 N–H and O–H groups in total. The molecule has 0 heterocycles. The predicted molar refractivity (Wildman–Crippen MR) is 103 cm³/mol. The summed E-state index contributed by atoms with van der Waals surface area (Å²) in [6, 6.07) is 12.9. The number of nitrogens with one attached hydrogen (secondary N) is 1. The molecule has 0 aliphatic rings. The van der Waals surface area contributed by atoms with E-state index >= 15 is 0 Å². The van der Waals surface area contributed by atoms with Crippen LogP contribution in [0.4, 0.5) is 0 Å². The number of carbonyl (C=O) groups is 1. The van der Waals surface area contributed by atoms with Gasteiger partial charge in [-0.1, -0.05) is 30.3 Å². The molecule has 0 bridgehead atoms. The molecule has 0 aliphatic heterocycles. The second kappa shape index (κ2) is 10.5. The summed E-state index contributed by atoms with van der Waals surface area (Å²) in [7, 11) is 4.62. The summed E-state index contributed by atoms with van der Waals surface area (Å²) in [4.78, 5) is 12.2. The summed E-state index contributed by atoms with van der Waals surface area (Å²) in [5.74, 6) is 1.41. The zero-order chi connectivity index (χ0) is 18.2. The second-order valence-electron chi connectivity index (χ2n) is 5.53. The summed E-state index contributed by atoms with van der Waals surface area (Å²) < 4.78 is 15.9. The van der Waals surface area contributed by atoms with Crippen molar-refractivity contribution in [2.75, 3.05) is 27.9 Å². The van der Waals surface area contributed by atoms with Crippen LogP contribution < -0.4 is 25.3 Å². The van der Waals surface area contributed by atoms with Crippen molar-refractivity contribution in [2.24, 2.45) is 5.73 Å². The molecule has 0 saturated carbocycles. The van der Waals surface area contributed by atoms with E-state index in [4.69, 9.17) is 19.9 Å². The number of hydrogen-bond acceptors (Lipinski definition) is 5. The van der Waals surface area contributed by atoms with Crippen LogP contribution in [0, 0.1) is 0 Å². The molecule has 2 rings (SSSR count). The number of halogens is 1. The number of ether oxygens (including phenoxy) is 3. The van der Waals surface area contributed by atoms with Gasteiger partial charge in [-0.15, -0.1) is 12.4 Å². The van der Waals surface area contributed by atoms with Gasteiger partial charge in [-0.05, 0) is 23.3 Å². The van der Waals surface area contributed by atoms with E-state index in [9.17, 15) is 4.79 Å². The molecular formula is C19H25ClN2O4. The minimum atomic E-state index is -0.245. The zero-order valence-corrected chi connectivity index (χ0v) is 16.0. The Morgan fingerprint density at radius 3 is 2.12 bits per heavy atom. The molecule has 0 fully saturated rings. The molecular weight excluding hydrogens is 356 g/mol. The number of benzene rings is 2. The number of rotatable bonds is 8. The maximum atomic E-state index is 12.2. The molecule has 0 radical (unpaired) electrons. The lowest BCUT2D eigenvalue weighted by molar-refractivity contribution is -0.120. The van der Waals surface area contributed by atoms with Crippen molar-refractivity contribution in [3.63, 3.8) is 0 Å². The van der Waals surface area contributed by atoms with Crippen LogP contribution in [0.2, 0.25) is 0 Å². The first-order valence-corrected chi connectivity index (χ1v) is 7.95. The fourth-order valence-electron chi connectivity index (χ4n) is 2.53. The molecule has 1 amide bonds. The molecule has 142 valence electrons. The van der Waals surface area contributed by atoms with Crippen LogP contribution in [-0.2, 0) is 11.2 Å². The van der Waals surface area contributed by atoms with E-state index in [-0.39, 0.29) is 30.8 Å². The molecule has 0 aromatic heterocycles. The highest BCUT2D eigenvalue weighted by molar-refractivity contribution is 5.85. The monoisotopic (exact) mass is 380 g/mol. The zero-order valence-electron chi connectivity index (χ0n) is 15.2. The minimum Gasteiger partial charge on any atom is -0.493 e. The average molecular weight is 381 g/mol. The van der Waals surface area contributed by atoms with Crippen molar-refractivity contribution < 1.29 is 19.0 Å². The van der Waals surface area contributed by atoms with E-state index < -0.39 is 0 Å². The molecule has 2 aromatic rings. The topological polar surface area (TPSA) is 82.8 Å². The summed E-state index contributed by atoms with van der Waals surface area (Å²) in [6.07, 6.45) is 0.193. The van der Waals surface area contributed by atoms with Gasteiger partial charge in [0.05, 0.1) is 27.8 Å². The largest absolute Gasteiger partial charge is 0.493 e. The van der Waals surface area contributed by atoms with Gasteiger partial charge in [0, 0.05) is 12.6 Å². The van der Waals surface area contributed by atoms with Crippen LogP contribution >= 0.6 is 12.4 Å². The van der Waals surface area contributed by atoms with Crippen LogP contribution in [0.1, 0.15) is 17.2 Å². The number of methoxy groups -OCH3 is 3. The van der Waals surface area contributed by atoms with Gasteiger partial charge >= 0.3 is 0 Å². The van der Waals surface area contributed by atoms with Gasteiger partial charge in [0.15, 0.2) is 11.5 Å². The Hall–Kier alpha value is -2.44. The molecule has 0 spiro atoms. The molecule has 0 saturated heterocycles. The highest BCUT2D eigenvalue weighted by Gasteiger charge is 2.15. The number of amides is 1. The Balaban J connectivity index is 0.00000338. The third-order valence-corrected chi connectivity index (χ3v) is 3.84. The van der Waals surface area contributed by atoms with Crippen molar-refractivity contribution >= 4 is 18.3 Å². The SMILES string of the molecule is COc1cc(CC(=O)NCC(N)c2ccccc2)cc(OC)c1OC.Cl. The van der Waals surface area contributed by atoms with Crippen molar-refractivity contribution in [1.82, 2.24) is 5.32 Å². The van der Waals surface area contributed by atoms with Crippen LogP contribution in [0.25, 0.3) is 0 Å².